The number of fused-ring (bicyclic) bond motifs is 1. The lowest BCUT2D eigenvalue weighted by Crippen LogP contribution is -2.35. The van der Waals surface area contributed by atoms with Crippen LogP contribution in [0.1, 0.15) is 18.4 Å². The van der Waals surface area contributed by atoms with E-state index in [-0.39, 0.29) is 11.8 Å². The summed E-state index contributed by atoms with van der Waals surface area (Å²) < 4.78 is 0. The lowest BCUT2D eigenvalue weighted by molar-refractivity contribution is -0.119. The van der Waals surface area contributed by atoms with Crippen LogP contribution < -0.4 is 10.6 Å². The summed E-state index contributed by atoms with van der Waals surface area (Å²) in [6.07, 6.45) is 0. The van der Waals surface area contributed by atoms with Crippen LogP contribution in [0.2, 0.25) is 0 Å². The Balaban J connectivity index is 1.88. The SMILES string of the molecule is CCN(C(=O)C1CSc2ccccc21)c1ccc(N)cc1. The number of nitrogen functional groups attached to an aromatic ring is 1. The van der Waals surface area contributed by atoms with Crippen molar-refractivity contribution in [3.05, 3.63) is 54.1 Å². The molecule has 0 spiro atoms. The zero-order valence-electron chi connectivity index (χ0n) is 12.0. The predicted octanol–water partition coefficient (Wildman–Crippen LogP) is 3.51. The van der Waals surface area contributed by atoms with Crippen molar-refractivity contribution in [2.24, 2.45) is 0 Å². The van der Waals surface area contributed by atoms with Crippen LogP contribution in [0.4, 0.5) is 11.4 Å². The van der Waals surface area contributed by atoms with Gasteiger partial charge in [-0.1, -0.05) is 18.2 Å². The summed E-state index contributed by atoms with van der Waals surface area (Å²) in [5, 5.41) is 0. The maximum Gasteiger partial charge on any atom is 0.235 e. The molecule has 1 unspecified atom stereocenters. The van der Waals surface area contributed by atoms with Gasteiger partial charge >= 0.3 is 0 Å². The molecule has 1 atom stereocenters. The number of hydrogen-bond donors (Lipinski definition) is 1. The van der Waals surface area contributed by atoms with E-state index >= 15 is 0 Å². The number of rotatable bonds is 3. The maximum atomic E-state index is 12.9. The fraction of sp³-hybridized carbons (Fsp3) is 0.235. The van der Waals surface area contributed by atoms with Crippen molar-refractivity contribution in [3.8, 4) is 0 Å². The van der Waals surface area contributed by atoms with Crippen LogP contribution in [0.25, 0.3) is 0 Å². The van der Waals surface area contributed by atoms with E-state index < -0.39 is 0 Å². The van der Waals surface area contributed by atoms with Gasteiger partial charge < -0.3 is 10.6 Å². The molecule has 0 fully saturated rings. The van der Waals surface area contributed by atoms with Crippen molar-refractivity contribution in [2.45, 2.75) is 17.7 Å². The minimum absolute atomic E-state index is 0.0521. The van der Waals surface area contributed by atoms with E-state index in [2.05, 4.69) is 12.1 Å². The number of thioether (sulfide) groups is 1. The fourth-order valence-corrected chi connectivity index (χ4v) is 3.90. The molecule has 3 rings (SSSR count). The first-order valence-corrected chi connectivity index (χ1v) is 8.08. The van der Waals surface area contributed by atoms with E-state index in [0.29, 0.717) is 12.2 Å². The van der Waals surface area contributed by atoms with Crippen LogP contribution >= 0.6 is 11.8 Å². The monoisotopic (exact) mass is 298 g/mol. The second kappa shape index (κ2) is 5.82. The van der Waals surface area contributed by atoms with Crippen molar-refractivity contribution in [1.82, 2.24) is 0 Å². The number of nitrogens with two attached hydrogens (primary N) is 1. The van der Waals surface area contributed by atoms with Gasteiger partial charge in [0.05, 0.1) is 5.92 Å². The van der Waals surface area contributed by atoms with E-state index in [9.17, 15) is 4.79 Å². The molecule has 0 radical (unpaired) electrons. The number of carbonyl (C=O) groups excluding carboxylic acids is 1. The summed E-state index contributed by atoms with van der Waals surface area (Å²) in [5.74, 6) is 0.937. The van der Waals surface area contributed by atoms with Crippen molar-refractivity contribution < 1.29 is 4.79 Å². The molecule has 4 heteroatoms. The highest BCUT2D eigenvalue weighted by Gasteiger charge is 2.32. The fourth-order valence-electron chi connectivity index (χ4n) is 2.68. The van der Waals surface area contributed by atoms with Crippen LogP contribution in [0, 0.1) is 0 Å². The Labute approximate surface area is 129 Å². The van der Waals surface area contributed by atoms with Crippen LogP contribution in [-0.2, 0) is 4.79 Å². The normalized spacial score (nSPS) is 16.5. The lowest BCUT2D eigenvalue weighted by atomic mass is 9.99. The second-order valence-electron chi connectivity index (χ2n) is 5.08. The molecule has 2 aromatic rings. The first kappa shape index (κ1) is 14.0. The summed E-state index contributed by atoms with van der Waals surface area (Å²) in [6, 6.07) is 15.7. The van der Waals surface area contributed by atoms with Gasteiger partial charge in [0.15, 0.2) is 0 Å². The molecule has 2 N–H and O–H groups in total. The van der Waals surface area contributed by atoms with Gasteiger partial charge in [0, 0.05) is 28.6 Å². The van der Waals surface area contributed by atoms with Gasteiger partial charge in [-0.05, 0) is 42.8 Å². The van der Waals surface area contributed by atoms with Crippen molar-refractivity contribution in [1.29, 1.82) is 0 Å². The Morgan fingerprint density at radius 3 is 2.67 bits per heavy atom. The number of amides is 1. The van der Waals surface area contributed by atoms with Crippen molar-refractivity contribution in [2.75, 3.05) is 22.9 Å². The molecule has 108 valence electrons. The number of carbonyl (C=O) groups is 1. The second-order valence-corrected chi connectivity index (χ2v) is 6.14. The number of hydrogen-bond acceptors (Lipinski definition) is 3. The zero-order chi connectivity index (χ0) is 14.8. The molecule has 0 saturated carbocycles. The summed E-state index contributed by atoms with van der Waals surface area (Å²) in [7, 11) is 0. The molecule has 1 heterocycles. The average Bonchev–Trinajstić information content (AvgIpc) is 2.94. The minimum atomic E-state index is -0.0521. The number of likely N-dealkylation sites (N-methyl/N-ethyl adjacent to an activating group) is 1. The number of anilines is 2. The minimum Gasteiger partial charge on any atom is -0.399 e. The van der Waals surface area contributed by atoms with Crippen LogP contribution in [0.3, 0.4) is 0 Å². The van der Waals surface area contributed by atoms with E-state index in [0.717, 1.165) is 17.0 Å². The van der Waals surface area contributed by atoms with Crippen LogP contribution in [0.15, 0.2) is 53.4 Å². The van der Waals surface area contributed by atoms with Gasteiger partial charge in [0.2, 0.25) is 5.91 Å². The molecule has 21 heavy (non-hydrogen) atoms. The third-order valence-electron chi connectivity index (χ3n) is 3.79. The average molecular weight is 298 g/mol. The van der Waals surface area contributed by atoms with Gasteiger partial charge in [-0.3, -0.25) is 4.79 Å². The van der Waals surface area contributed by atoms with Gasteiger partial charge in [-0.25, -0.2) is 0 Å². The highest BCUT2D eigenvalue weighted by molar-refractivity contribution is 7.99. The number of nitrogens with zero attached hydrogens (tertiary/aromatic N) is 1. The summed E-state index contributed by atoms with van der Waals surface area (Å²) in [6.45, 7) is 2.66. The van der Waals surface area contributed by atoms with Gasteiger partial charge in [0.25, 0.3) is 0 Å². The smallest absolute Gasteiger partial charge is 0.235 e. The Hall–Kier alpha value is -1.94. The molecular weight excluding hydrogens is 280 g/mol. The van der Waals surface area contributed by atoms with Crippen molar-refractivity contribution >= 4 is 29.0 Å². The Morgan fingerprint density at radius 1 is 1.24 bits per heavy atom. The van der Waals surface area contributed by atoms with Crippen LogP contribution in [0.5, 0.6) is 0 Å². The maximum absolute atomic E-state index is 12.9. The summed E-state index contributed by atoms with van der Waals surface area (Å²) >= 11 is 1.76. The Kier molecular flexibility index (Phi) is 3.88. The zero-order valence-corrected chi connectivity index (χ0v) is 12.8. The highest BCUT2D eigenvalue weighted by Crippen LogP contribution is 2.40. The molecule has 0 aromatic heterocycles. The van der Waals surface area contributed by atoms with Gasteiger partial charge in [-0.15, -0.1) is 11.8 Å². The van der Waals surface area contributed by atoms with E-state index in [1.54, 1.807) is 11.8 Å². The first-order chi connectivity index (χ1) is 10.2. The van der Waals surface area contributed by atoms with Crippen molar-refractivity contribution in [3.63, 3.8) is 0 Å². The molecular formula is C17H18N2OS. The molecule has 0 saturated heterocycles. The number of benzene rings is 2. The Bertz CT molecular complexity index is 654. The molecule has 1 aliphatic heterocycles. The molecule has 1 aliphatic rings. The van der Waals surface area contributed by atoms with E-state index in [1.807, 2.05) is 48.2 Å². The van der Waals surface area contributed by atoms with Gasteiger partial charge in [0.1, 0.15) is 0 Å². The van der Waals surface area contributed by atoms with E-state index in [4.69, 9.17) is 5.73 Å². The molecule has 1 amide bonds. The van der Waals surface area contributed by atoms with Crippen LogP contribution in [-0.4, -0.2) is 18.2 Å². The topological polar surface area (TPSA) is 46.3 Å². The predicted molar refractivity (Wildman–Crippen MR) is 88.8 cm³/mol. The third kappa shape index (κ3) is 2.63. The molecule has 2 aromatic carbocycles. The summed E-state index contributed by atoms with van der Waals surface area (Å²) in [4.78, 5) is 16.0. The molecule has 0 bridgehead atoms. The quantitative estimate of drug-likeness (QED) is 0.882. The molecule has 3 nitrogen and oxygen atoms in total. The Morgan fingerprint density at radius 2 is 1.95 bits per heavy atom. The third-order valence-corrected chi connectivity index (χ3v) is 4.97. The molecule has 0 aliphatic carbocycles. The summed E-state index contributed by atoms with van der Waals surface area (Å²) in [5.41, 5.74) is 8.50. The van der Waals surface area contributed by atoms with Gasteiger partial charge in [-0.2, -0.15) is 0 Å². The largest absolute Gasteiger partial charge is 0.399 e. The highest BCUT2D eigenvalue weighted by atomic mass is 32.2. The standard InChI is InChI=1S/C17H18N2OS/c1-2-19(13-9-7-12(18)8-10-13)17(20)15-11-21-16-6-4-3-5-14(15)16/h3-10,15H,2,11,18H2,1H3. The lowest BCUT2D eigenvalue weighted by Gasteiger charge is -2.24. The van der Waals surface area contributed by atoms with E-state index in [1.165, 1.54) is 4.90 Å². The first-order valence-electron chi connectivity index (χ1n) is 7.09.